The predicted molar refractivity (Wildman–Crippen MR) is 88.1 cm³/mol. The highest BCUT2D eigenvalue weighted by Gasteiger charge is 2.42. The second kappa shape index (κ2) is 5.45. The average Bonchev–Trinajstić information content (AvgIpc) is 2.80. The number of benzene rings is 1. The fourth-order valence-corrected chi connectivity index (χ4v) is 6.19. The Morgan fingerprint density at radius 2 is 1.95 bits per heavy atom. The summed E-state index contributed by atoms with van der Waals surface area (Å²) in [4.78, 5) is 2.27. The predicted octanol–water partition coefficient (Wildman–Crippen LogP) is 1.76. The van der Waals surface area contributed by atoms with Crippen LogP contribution < -0.4 is 0 Å². The molecule has 1 unspecified atom stereocenters. The lowest BCUT2D eigenvalue weighted by Crippen LogP contribution is -2.54. The fourth-order valence-electron chi connectivity index (χ4n) is 3.20. The zero-order valence-corrected chi connectivity index (χ0v) is 14.4. The van der Waals surface area contributed by atoms with E-state index >= 15 is 0 Å². The summed E-state index contributed by atoms with van der Waals surface area (Å²) >= 11 is 0. The van der Waals surface area contributed by atoms with Gasteiger partial charge in [-0.15, -0.1) is 4.40 Å². The first kappa shape index (κ1) is 15.7. The van der Waals surface area contributed by atoms with Crippen molar-refractivity contribution in [2.45, 2.75) is 36.3 Å². The lowest BCUT2D eigenvalue weighted by atomic mass is 10.0. The van der Waals surface area contributed by atoms with Crippen LogP contribution in [0.15, 0.2) is 33.6 Å². The van der Waals surface area contributed by atoms with E-state index in [1.54, 1.807) is 18.2 Å². The van der Waals surface area contributed by atoms with Gasteiger partial charge in [0.2, 0.25) is 0 Å². The van der Waals surface area contributed by atoms with Gasteiger partial charge in [0.1, 0.15) is 4.90 Å². The van der Waals surface area contributed by atoms with E-state index in [-0.39, 0.29) is 9.64 Å². The second-order valence-corrected chi connectivity index (χ2v) is 9.29. The lowest BCUT2D eigenvalue weighted by molar-refractivity contribution is 0.339. The maximum Gasteiger partial charge on any atom is 0.285 e. The van der Waals surface area contributed by atoms with Gasteiger partial charge in [0.15, 0.2) is 5.84 Å². The molecule has 0 aromatic heterocycles. The number of fused-ring (bicyclic) bond motifs is 1. The van der Waals surface area contributed by atoms with Crippen molar-refractivity contribution in [1.82, 2.24) is 4.90 Å². The van der Waals surface area contributed by atoms with Crippen molar-refractivity contribution in [2.24, 2.45) is 4.40 Å². The lowest BCUT2D eigenvalue weighted by Gasteiger charge is -2.41. The van der Waals surface area contributed by atoms with Gasteiger partial charge in [0, 0.05) is 35.2 Å². The van der Waals surface area contributed by atoms with Gasteiger partial charge in [-0.25, -0.2) is 0 Å². The monoisotopic (exact) mass is 340 g/mol. The smallest absolute Gasteiger partial charge is 0.285 e. The normalized spacial score (nSPS) is 25.6. The first-order valence-corrected chi connectivity index (χ1v) is 10.3. The summed E-state index contributed by atoms with van der Waals surface area (Å²) in [6, 6.07) is 6.92. The first-order valence-electron chi connectivity index (χ1n) is 7.51. The third-order valence-corrected chi connectivity index (χ3v) is 8.26. The maximum atomic E-state index is 12.4. The van der Waals surface area contributed by atoms with Crippen LogP contribution in [0.3, 0.4) is 0 Å². The Hall–Kier alpha value is -1.21. The van der Waals surface area contributed by atoms with Crippen molar-refractivity contribution in [3.8, 4) is 0 Å². The highest BCUT2D eigenvalue weighted by Crippen LogP contribution is 2.33. The molecule has 0 radical (unpaired) electrons. The van der Waals surface area contributed by atoms with Crippen molar-refractivity contribution >= 4 is 26.7 Å². The molecule has 120 valence electrons. The molecule has 2 aliphatic heterocycles. The zero-order chi connectivity index (χ0) is 16.0. The van der Waals surface area contributed by atoms with E-state index in [4.69, 9.17) is 0 Å². The maximum absolute atomic E-state index is 12.4. The molecule has 1 aromatic rings. The van der Waals surface area contributed by atoms with Crippen LogP contribution in [0.1, 0.15) is 32.3 Å². The second-order valence-electron chi connectivity index (χ2n) is 5.75. The number of nitrogens with zero attached hydrogens (tertiary/aromatic N) is 2. The van der Waals surface area contributed by atoms with Crippen LogP contribution in [0, 0.1) is 0 Å². The Morgan fingerprint density at radius 3 is 2.64 bits per heavy atom. The summed E-state index contributed by atoms with van der Waals surface area (Å²) in [6.45, 7) is 5.27. The third kappa shape index (κ3) is 2.31. The standard InChI is InChI=1S/C15H20N2O3S2/c1-3-15(4-2)11-17(9-10-21(15)18)14-12-7-5-6-8-13(12)22(19,20)16-14/h5-8H,3-4,9-11H2,1-2H3. The minimum Gasteiger partial charge on any atom is -0.353 e. The molecule has 22 heavy (non-hydrogen) atoms. The number of rotatable bonds is 2. The first-order chi connectivity index (χ1) is 10.4. The van der Waals surface area contributed by atoms with Gasteiger partial charge in [0.05, 0.1) is 4.75 Å². The van der Waals surface area contributed by atoms with Gasteiger partial charge in [0.25, 0.3) is 10.0 Å². The van der Waals surface area contributed by atoms with Gasteiger partial charge >= 0.3 is 0 Å². The van der Waals surface area contributed by atoms with Gasteiger partial charge in [-0.2, -0.15) is 8.42 Å². The Labute approximate surface area is 133 Å². The quantitative estimate of drug-likeness (QED) is 0.823. The summed E-state index contributed by atoms with van der Waals surface area (Å²) in [5.41, 5.74) is 0.663. The van der Waals surface area contributed by atoms with Crippen LogP contribution in [-0.4, -0.2) is 47.0 Å². The molecule has 2 aliphatic rings. The van der Waals surface area contributed by atoms with Crippen LogP contribution in [0.4, 0.5) is 0 Å². The van der Waals surface area contributed by atoms with Crippen LogP contribution >= 0.6 is 0 Å². The molecule has 0 bridgehead atoms. The number of amidine groups is 1. The summed E-state index contributed by atoms with van der Waals surface area (Å²) < 4.78 is 40.5. The molecule has 0 spiro atoms. The minimum absolute atomic E-state index is 0.273. The molecule has 0 amide bonds. The molecule has 7 heteroatoms. The van der Waals surface area contributed by atoms with Crippen LogP contribution in [0.25, 0.3) is 0 Å². The molecule has 1 saturated heterocycles. The molecule has 2 heterocycles. The Bertz CT molecular complexity index is 752. The Morgan fingerprint density at radius 1 is 1.27 bits per heavy atom. The summed E-state index contributed by atoms with van der Waals surface area (Å²) in [6.07, 6.45) is 1.63. The molecule has 0 saturated carbocycles. The molecule has 3 rings (SSSR count). The van der Waals surface area contributed by atoms with Gasteiger partial charge in [-0.1, -0.05) is 26.0 Å². The Balaban J connectivity index is 2.01. The van der Waals surface area contributed by atoms with E-state index in [0.29, 0.717) is 30.2 Å². The molecule has 0 N–H and O–H groups in total. The molecule has 1 aromatic carbocycles. The third-order valence-electron chi connectivity index (χ3n) is 4.71. The molecular weight excluding hydrogens is 320 g/mol. The minimum atomic E-state index is -3.60. The van der Waals surface area contributed by atoms with E-state index < -0.39 is 20.8 Å². The highest BCUT2D eigenvalue weighted by atomic mass is 32.2. The number of hydrogen-bond acceptors (Lipinski definition) is 4. The van der Waals surface area contributed by atoms with Crippen LogP contribution in [0.5, 0.6) is 0 Å². The summed E-state index contributed by atoms with van der Waals surface area (Å²) in [7, 11) is -4.48. The Kier molecular flexibility index (Phi) is 3.89. The topological polar surface area (TPSA) is 66.8 Å². The van der Waals surface area contributed by atoms with E-state index in [0.717, 1.165) is 12.8 Å². The molecule has 1 fully saturated rings. The summed E-state index contributed by atoms with van der Waals surface area (Å²) in [5, 5.41) is 0. The van der Waals surface area contributed by atoms with E-state index in [1.807, 2.05) is 24.8 Å². The largest absolute Gasteiger partial charge is 0.353 e. The van der Waals surface area contributed by atoms with Crippen molar-refractivity contribution in [3.63, 3.8) is 0 Å². The van der Waals surface area contributed by atoms with Crippen molar-refractivity contribution < 1.29 is 12.6 Å². The van der Waals surface area contributed by atoms with Gasteiger partial charge < -0.3 is 4.90 Å². The van der Waals surface area contributed by atoms with Crippen molar-refractivity contribution in [1.29, 1.82) is 0 Å². The van der Waals surface area contributed by atoms with Crippen LogP contribution in [0.2, 0.25) is 0 Å². The zero-order valence-electron chi connectivity index (χ0n) is 12.8. The molecular formula is C15H20N2O3S2. The molecule has 5 nitrogen and oxygen atoms in total. The van der Waals surface area contributed by atoms with Crippen molar-refractivity contribution in [2.75, 3.05) is 18.8 Å². The van der Waals surface area contributed by atoms with Crippen LogP contribution in [-0.2, 0) is 20.8 Å². The number of hydrogen-bond donors (Lipinski definition) is 0. The molecule has 0 aliphatic carbocycles. The highest BCUT2D eigenvalue weighted by molar-refractivity contribution is 7.90. The van der Waals surface area contributed by atoms with E-state index in [1.165, 1.54) is 0 Å². The SMILES string of the molecule is CCC1(CC)CN(C2=NS(=O)(=O)c3ccccc32)CCS1=O. The van der Waals surface area contributed by atoms with E-state index in [2.05, 4.69) is 4.40 Å². The molecule has 1 atom stereocenters. The number of sulfonamides is 1. The fraction of sp³-hybridized carbons (Fsp3) is 0.533. The average molecular weight is 340 g/mol. The van der Waals surface area contributed by atoms with Crippen molar-refractivity contribution in [3.05, 3.63) is 29.8 Å². The van der Waals surface area contributed by atoms with Gasteiger partial charge in [-0.05, 0) is 25.0 Å². The summed E-state index contributed by atoms with van der Waals surface area (Å²) in [5.74, 6) is 1.07. The van der Waals surface area contributed by atoms with E-state index in [9.17, 15) is 12.6 Å². The van der Waals surface area contributed by atoms with Gasteiger partial charge in [-0.3, -0.25) is 4.21 Å².